The van der Waals surface area contributed by atoms with Crippen LogP contribution in [-0.4, -0.2) is 21.6 Å². The number of nitrogens with zero attached hydrogens (tertiary/aromatic N) is 2. The Morgan fingerprint density at radius 1 is 1.50 bits per heavy atom. The van der Waals surface area contributed by atoms with Crippen molar-refractivity contribution in [2.45, 2.75) is 19.4 Å². The van der Waals surface area contributed by atoms with Crippen molar-refractivity contribution < 1.29 is 5.11 Å². The Labute approximate surface area is 71.5 Å². The Bertz CT molecular complexity index is 273. The second kappa shape index (κ2) is 3.16. The quantitative estimate of drug-likeness (QED) is 0.648. The Kier molecular flexibility index (Phi) is 2.40. The van der Waals surface area contributed by atoms with E-state index in [-0.39, 0.29) is 6.54 Å². The number of nitrogens with two attached hydrogens (primary N) is 1. The van der Waals surface area contributed by atoms with E-state index in [1.807, 2.05) is 0 Å². The number of rotatable bonds is 2. The highest BCUT2D eigenvalue weighted by molar-refractivity contribution is 5.16. The van der Waals surface area contributed by atoms with Gasteiger partial charge >= 0.3 is 0 Å². The monoisotopic (exact) mass is 167 g/mol. The van der Waals surface area contributed by atoms with E-state index in [9.17, 15) is 5.11 Å². The molecule has 0 radical (unpaired) electrons. The lowest BCUT2D eigenvalue weighted by molar-refractivity contribution is 0.0610. The van der Waals surface area contributed by atoms with Gasteiger partial charge in [0.1, 0.15) is 5.60 Å². The minimum Gasteiger partial charge on any atom is -0.382 e. The molecule has 3 N–H and O–H groups in total. The summed E-state index contributed by atoms with van der Waals surface area (Å²) >= 11 is 0. The molecule has 1 atom stereocenters. The predicted molar refractivity (Wildman–Crippen MR) is 45.4 cm³/mol. The molecule has 12 heavy (non-hydrogen) atoms. The van der Waals surface area contributed by atoms with Crippen LogP contribution in [0.25, 0.3) is 0 Å². The van der Waals surface area contributed by atoms with Crippen molar-refractivity contribution in [3.8, 4) is 0 Å². The third-order valence-corrected chi connectivity index (χ3v) is 1.79. The van der Waals surface area contributed by atoms with Gasteiger partial charge in [-0.3, -0.25) is 9.97 Å². The lowest BCUT2D eigenvalue weighted by Crippen LogP contribution is -2.33. The number of hydrogen-bond acceptors (Lipinski definition) is 4. The van der Waals surface area contributed by atoms with Crippen LogP contribution in [0.3, 0.4) is 0 Å². The molecular formula is C8H13N3O. The zero-order valence-electron chi connectivity index (χ0n) is 7.28. The van der Waals surface area contributed by atoms with E-state index in [0.29, 0.717) is 11.4 Å². The van der Waals surface area contributed by atoms with E-state index in [1.54, 1.807) is 26.2 Å². The van der Waals surface area contributed by atoms with Crippen LogP contribution < -0.4 is 5.73 Å². The van der Waals surface area contributed by atoms with Crippen LogP contribution >= 0.6 is 0 Å². The predicted octanol–water partition coefficient (Wildman–Crippen LogP) is -0.0488. The molecule has 0 amide bonds. The highest BCUT2D eigenvalue weighted by Crippen LogP contribution is 2.17. The summed E-state index contributed by atoms with van der Waals surface area (Å²) in [4.78, 5) is 8.04. The van der Waals surface area contributed by atoms with Gasteiger partial charge in [-0.05, 0) is 13.8 Å². The zero-order valence-corrected chi connectivity index (χ0v) is 7.28. The first-order valence-corrected chi connectivity index (χ1v) is 3.78. The van der Waals surface area contributed by atoms with E-state index >= 15 is 0 Å². The minimum atomic E-state index is -1.07. The molecular weight excluding hydrogens is 154 g/mol. The zero-order chi connectivity index (χ0) is 9.19. The molecule has 1 heterocycles. The molecule has 1 rings (SSSR count). The maximum absolute atomic E-state index is 9.75. The Balaban J connectivity index is 3.10. The fourth-order valence-corrected chi connectivity index (χ4v) is 1.03. The number of hydrogen-bond donors (Lipinski definition) is 2. The van der Waals surface area contributed by atoms with Gasteiger partial charge in [-0.1, -0.05) is 0 Å². The molecule has 4 heteroatoms. The smallest absolute Gasteiger partial charge is 0.118 e. The van der Waals surface area contributed by atoms with Crippen molar-refractivity contribution in [2.24, 2.45) is 5.73 Å². The van der Waals surface area contributed by atoms with Crippen LogP contribution in [0.5, 0.6) is 0 Å². The van der Waals surface area contributed by atoms with Gasteiger partial charge in [0.15, 0.2) is 0 Å². The van der Waals surface area contributed by atoms with Crippen molar-refractivity contribution in [1.82, 2.24) is 9.97 Å². The van der Waals surface area contributed by atoms with Gasteiger partial charge in [0.25, 0.3) is 0 Å². The van der Waals surface area contributed by atoms with Crippen LogP contribution in [0, 0.1) is 6.92 Å². The molecule has 0 saturated heterocycles. The fourth-order valence-electron chi connectivity index (χ4n) is 1.03. The average Bonchev–Trinajstić information content (AvgIpc) is 2.05. The number of aliphatic hydroxyl groups is 1. The van der Waals surface area contributed by atoms with Crippen molar-refractivity contribution >= 4 is 0 Å². The molecule has 1 aromatic rings. The second-order valence-corrected chi connectivity index (χ2v) is 2.97. The van der Waals surface area contributed by atoms with Crippen molar-refractivity contribution in [3.05, 3.63) is 23.8 Å². The summed E-state index contributed by atoms with van der Waals surface area (Å²) in [5.41, 5.74) is 5.58. The van der Waals surface area contributed by atoms with Crippen LogP contribution in [0.4, 0.5) is 0 Å². The topological polar surface area (TPSA) is 72.0 Å². The second-order valence-electron chi connectivity index (χ2n) is 2.97. The first kappa shape index (κ1) is 9.09. The third kappa shape index (κ3) is 1.60. The van der Waals surface area contributed by atoms with Crippen LogP contribution in [0.15, 0.2) is 12.4 Å². The standard InChI is InChI=1S/C8H13N3O/c1-6-7(8(2,12)5-9)11-4-3-10-6/h3-4,12H,5,9H2,1-2H3. The third-order valence-electron chi connectivity index (χ3n) is 1.79. The summed E-state index contributed by atoms with van der Waals surface area (Å²) in [6.45, 7) is 3.57. The van der Waals surface area contributed by atoms with Gasteiger partial charge in [-0.25, -0.2) is 0 Å². The van der Waals surface area contributed by atoms with Gasteiger partial charge in [0.05, 0.1) is 11.4 Å². The van der Waals surface area contributed by atoms with Gasteiger partial charge in [0.2, 0.25) is 0 Å². The van der Waals surface area contributed by atoms with E-state index in [2.05, 4.69) is 9.97 Å². The fraction of sp³-hybridized carbons (Fsp3) is 0.500. The van der Waals surface area contributed by atoms with E-state index in [1.165, 1.54) is 0 Å². The van der Waals surface area contributed by atoms with Gasteiger partial charge in [-0.15, -0.1) is 0 Å². The average molecular weight is 167 g/mol. The lowest BCUT2D eigenvalue weighted by atomic mass is 10.0. The van der Waals surface area contributed by atoms with E-state index in [4.69, 9.17) is 5.73 Å². The lowest BCUT2D eigenvalue weighted by Gasteiger charge is -2.21. The molecule has 0 aromatic carbocycles. The van der Waals surface area contributed by atoms with Gasteiger partial charge in [-0.2, -0.15) is 0 Å². The van der Waals surface area contributed by atoms with Gasteiger partial charge < -0.3 is 10.8 Å². The maximum Gasteiger partial charge on any atom is 0.118 e. The Morgan fingerprint density at radius 2 is 2.08 bits per heavy atom. The molecule has 1 aromatic heterocycles. The van der Waals surface area contributed by atoms with E-state index in [0.717, 1.165) is 0 Å². The summed E-state index contributed by atoms with van der Waals surface area (Å²) < 4.78 is 0. The van der Waals surface area contributed by atoms with Crippen molar-refractivity contribution in [2.75, 3.05) is 6.54 Å². The van der Waals surface area contributed by atoms with Crippen LogP contribution in [0.1, 0.15) is 18.3 Å². The van der Waals surface area contributed by atoms with Gasteiger partial charge in [0, 0.05) is 18.9 Å². The molecule has 0 spiro atoms. The molecule has 0 aliphatic rings. The number of aromatic nitrogens is 2. The molecule has 4 nitrogen and oxygen atoms in total. The summed E-state index contributed by atoms with van der Waals surface area (Å²) in [5, 5.41) is 9.75. The highest BCUT2D eigenvalue weighted by Gasteiger charge is 2.24. The maximum atomic E-state index is 9.75. The SMILES string of the molecule is Cc1nccnc1C(C)(O)CN. The van der Waals surface area contributed by atoms with Crippen molar-refractivity contribution in [1.29, 1.82) is 0 Å². The van der Waals surface area contributed by atoms with Crippen LogP contribution in [0.2, 0.25) is 0 Å². The summed E-state index contributed by atoms with van der Waals surface area (Å²) in [6.07, 6.45) is 3.14. The first-order chi connectivity index (χ1) is 5.58. The highest BCUT2D eigenvalue weighted by atomic mass is 16.3. The number of aryl methyl sites for hydroxylation is 1. The molecule has 0 fully saturated rings. The van der Waals surface area contributed by atoms with Crippen LogP contribution in [-0.2, 0) is 5.60 Å². The summed E-state index contributed by atoms with van der Waals surface area (Å²) in [7, 11) is 0. The summed E-state index contributed by atoms with van der Waals surface area (Å²) in [6, 6.07) is 0. The normalized spacial score (nSPS) is 15.7. The molecule has 0 bridgehead atoms. The molecule has 66 valence electrons. The molecule has 1 unspecified atom stereocenters. The largest absolute Gasteiger partial charge is 0.382 e. The molecule has 0 aliphatic heterocycles. The Morgan fingerprint density at radius 3 is 2.58 bits per heavy atom. The first-order valence-electron chi connectivity index (χ1n) is 3.78. The minimum absolute atomic E-state index is 0.145. The van der Waals surface area contributed by atoms with E-state index < -0.39 is 5.60 Å². The van der Waals surface area contributed by atoms with Crippen molar-refractivity contribution in [3.63, 3.8) is 0 Å². The Hall–Kier alpha value is -1.00. The summed E-state index contributed by atoms with van der Waals surface area (Å²) in [5.74, 6) is 0. The molecule has 0 aliphatic carbocycles. The molecule has 0 saturated carbocycles.